The quantitative estimate of drug-likeness (QED) is 0.400. The van der Waals surface area contributed by atoms with E-state index in [2.05, 4.69) is 9.97 Å². The van der Waals surface area contributed by atoms with Crippen LogP contribution < -0.4 is 4.74 Å². The molecule has 4 aliphatic carbocycles. The zero-order valence-electron chi connectivity index (χ0n) is 24.2. The SMILES string of the molecule is C[C@]12C=CC(=O)C=C1CC[C@H]1[C@@H]3CC[C@](OC(=O)c4ccc(Oc5cnc(O)cn5)cc4)(C(=O)SCF)[C@@]3(C)C[C@H](O)[C@@]12F. The highest BCUT2D eigenvalue weighted by molar-refractivity contribution is 8.13. The molecule has 3 saturated carbocycles. The van der Waals surface area contributed by atoms with Gasteiger partial charge in [0.05, 0.1) is 24.1 Å². The third kappa shape index (κ3) is 4.40. The molecular formula is C32H32F2N2O7S. The first-order valence-electron chi connectivity index (χ1n) is 14.4. The average molecular weight is 627 g/mol. The Morgan fingerprint density at radius 2 is 1.86 bits per heavy atom. The van der Waals surface area contributed by atoms with Crippen molar-refractivity contribution >= 4 is 28.6 Å². The van der Waals surface area contributed by atoms with Gasteiger partial charge in [0, 0.05) is 16.7 Å². The average Bonchev–Trinajstić information content (AvgIpc) is 3.28. The maximum atomic E-state index is 17.5. The first-order chi connectivity index (χ1) is 20.9. The normalized spacial score (nSPS) is 35.6. The van der Waals surface area contributed by atoms with E-state index in [1.807, 2.05) is 0 Å². The van der Waals surface area contributed by atoms with Gasteiger partial charge in [0.1, 0.15) is 11.8 Å². The number of halogens is 2. The summed E-state index contributed by atoms with van der Waals surface area (Å²) in [6, 6.07) is 4.83. The number of aliphatic hydroxyl groups is 1. The largest absolute Gasteiger partial charge is 0.492 e. The van der Waals surface area contributed by atoms with Gasteiger partial charge in [-0.2, -0.15) is 0 Å². The van der Waals surface area contributed by atoms with Crippen LogP contribution in [0.3, 0.4) is 0 Å². The van der Waals surface area contributed by atoms with Gasteiger partial charge < -0.3 is 19.7 Å². The summed E-state index contributed by atoms with van der Waals surface area (Å²) in [6.45, 7) is 3.44. The zero-order chi connectivity index (χ0) is 31.5. The van der Waals surface area contributed by atoms with E-state index in [0.717, 1.165) is 6.20 Å². The molecule has 0 bridgehead atoms. The van der Waals surface area contributed by atoms with Gasteiger partial charge in [0.2, 0.25) is 16.9 Å². The molecule has 3 fully saturated rings. The van der Waals surface area contributed by atoms with Crippen LogP contribution >= 0.6 is 11.8 Å². The molecule has 232 valence electrons. The summed E-state index contributed by atoms with van der Waals surface area (Å²) in [5, 5.41) is 20.2. The number of fused-ring (bicyclic) bond motifs is 5. The van der Waals surface area contributed by atoms with Crippen LogP contribution in [0.15, 0.2) is 60.5 Å². The van der Waals surface area contributed by atoms with Gasteiger partial charge in [-0.25, -0.2) is 23.5 Å². The molecule has 1 aromatic heterocycles. The molecule has 12 heteroatoms. The maximum absolute atomic E-state index is 17.5. The summed E-state index contributed by atoms with van der Waals surface area (Å²) < 4.78 is 42.7. The van der Waals surface area contributed by atoms with Crippen molar-refractivity contribution in [3.05, 3.63) is 66.0 Å². The molecule has 0 spiro atoms. The monoisotopic (exact) mass is 626 g/mol. The fraction of sp³-hybridized carbons (Fsp3) is 0.469. The molecule has 2 N–H and O–H groups in total. The van der Waals surface area contributed by atoms with Gasteiger partial charge in [-0.3, -0.25) is 9.59 Å². The Bertz CT molecular complexity index is 1570. The number of hydrogen-bond acceptors (Lipinski definition) is 10. The second-order valence-corrected chi connectivity index (χ2v) is 13.3. The minimum absolute atomic E-state index is 0.0551. The van der Waals surface area contributed by atoms with E-state index in [4.69, 9.17) is 9.47 Å². The number of hydrogen-bond donors (Lipinski definition) is 2. The number of carbonyl (C=O) groups excluding carboxylic acids is 3. The molecule has 9 nitrogen and oxygen atoms in total. The van der Waals surface area contributed by atoms with Crippen LogP contribution in [-0.2, 0) is 14.3 Å². The Morgan fingerprint density at radius 1 is 1.11 bits per heavy atom. The van der Waals surface area contributed by atoms with E-state index in [1.165, 1.54) is 42.6 Å². The van der Waals surface area contributed by atoms with Crippen LogP contribution in [-0.4, -0.2) is 60.4 Å². The molecule has 0 unspecified atom stereocenters. The number of carbonyl (C=O) groups is 3. The minimum Gasteiger partial charge on any atom is -0.492 e. The Balaban J connectivity index is 1.30. The number of rotatable bonds is 6. The minimum atomic E-state index is -2.12. The number of alkyl halides is 2. The number of nitrogens with zero attached hydrogens (tertiary/aromatic N) is 2. The summed E-state index contributed by atoms with van der Waals surface area (Å²) in [5.41, 5.74) is -5.58. The summed E-state index contributed by atoms with van der Waals surface area (Å²) in [6.07, 6.45) is 6.14. The van der Waals surface area contributed by atoms with E-state index < -0.39 is 57.1 Å². The van der Waals surface area contributed by atoms with Gasteiger partial charge in [0.25, 0.3) is 0 Å². The second kappa shape index (κ2) is 10.8. The summed E-state index contributed by atoms with van der Waals surface area (Å²) in [7, 11) is 0. The standard InChI is InChI=1S/C32H32F2N2O7S/c1-29-11-9-20(37)13-19(29)5-8-23-22-10-12-31(28(41)44-17-33,30(22,2)14-24(38)32(23,29)34)43-27(40)18-3-6-21(7-4-18)42-26-16-35-25(39)15-36-26/h3-4,6-7,9,11,13,15-16,22-24,38H,5,8,10,12,14,17H2,1-2H3,(H,35,39)/t22-,23-,24-,29-,30-,31-,32-/m0/s1. The van der Waals surface area contributed by atoms with Gasteiger partial charge in [0.15, 0.2) is 17.1 Å². The van der Waals surface area contributed by atoms with Gasteiger partial charge in [-0.15, -0.1) is 0 Å². The van der Waals surface area contributed by atoms with Crippen LogP contribution in [0.4, 0.5) is 8.78 Å². The van der Waals surface area contributed by atoms with Crippen molar-refractivity contribution < 1.29 is 42.9 Å². The molecule has 2 aromatic rings. The fourth-order valence-electron chi connectivity index (χ4n) is 8.27. The summed E-state index contributed by atoms with van der Waals surface area (Å²) >= 11 is 0.404. The third-order valence-electron chi connectivity index (χ3n) is 10.5. The number of thioether (sulfide) groups is 1. The number of aromatic hydroxyl groups is 1. The lowest BCUT2D eigenvalue weighted by molar-refractivity contribution is -0.214. The second-order valence-electron chi connectivity index (χ2n) is 12.4. The molecule has 0 saturated heterocycles. The van der Waals surface area contributed by atoms with Crippen molar-refractivity contribution in [1.82, 2.24) is 9.97 Å². The van der Waals surface area contributed by atoms with Gasteiger partial charge in [-0.1, -0.05) is 18.6 Å². The Morgan fingerprint density at radius 3 is 2.55 bits per heavy atom. The third-order valence-corrected chi connectivity index (χ3v) is 11.2. The van der Waals surface area contributed by atoms with E-state index in [9.17, 15) is 29.0 Å². The number of ether oxygens (including phenoxy) is 2. The van der Waals surface area contributed by atoms with Crippen LogP contribution in [0.25, 0.3) is 0 Å². The van der Waals surface area contributed by atoms with E-state index >= 15 is 4.39 Å². The molecule has 44 heavy (non-hydrogen) atoms. The zero-order valence-corrected chi connectivity index (χ0v) is 25.0. The van der Waals surface area contributed by atoms with Gasteiger partial charge >= 0.3 is 5.97 Å². The Hall–Kier alpha value is -3.64. The molecule has 0 radical (unpaired) electrons. The van der Waals surface area contributed by atoms with E-state index in [-0.39, 0.29) is 35.9 Å². The van der Waals surface area contributed by atoms with E-state index in [1.54, 1.807) is 19.9 Å². The lowest BCUT2D eigenvalue weighted by atomic mass is 9.45. The topological polar surface area (TPSA) is 136 Å². The predicted octanol–water partition coefficient (Wildman–Crippen LogP) is 5.43. The first-order valence-corrected chi connectivity index (χ1v) is 15.4. The van der Waals surface area contributed by atoms with Crippen molar-refractivity contribution in [3.8, 4) is 17.5 Å². The first kappa shape index (κ1) is 30.4. The Kier molecular flexibility index (Phi) is 7.43. The van der Waals surface area contributed by atoms with Gasteiger partial charge in [-0.05, 0) is 93.1 Å². The lowest BCUT2D eigenvalue weighted by Gasteiger charge is -2.62. The predicted molar refractivity (Wildman–Crippen MR) is 155 cm³/mol. The number of allylic oxidation sites excluding steroid dienone is 4. The van der Waals surface area contributed by atoms with Crippen molar-refractivity contribution in [2.45, 2.75) is 63.3 Å². The van der Waals surface area contributed by atoms with E-state index in [0.29, 0.717) is 42.3 Å². The number of aliphatic hydroxyl groups excluding tert-OH is 1. The highest BCUT2D eigenvalue weighted by Gasteiger charge is 2.75. The molecule has 0 amide bonds. The van der Waals surface area contributed by atoms with Crippen LogP contribution in [0.2, 0.25) is 0 Å². The van der Waals surface area contributed by atoms with Crippen LogP contribution in [0, 0.1) is 22.7 Å². The smallest absolute Gasteiger partial charge is 0.339 e. The van der Waals surface area contributed by atoms with Crippen molar-refractivity contribution in [3.63, 3.8) is 0 Å². The maximum Gasteiger partial charge on any atom is 0.339 e. The number of aromatic nitrogens is 2. The summed E-state index contributed by atoms with van der Waals surface area (Å²) in [5.74, 6) is -2.03. The highest BCUT2D eigenvalue weighted by atomic mass is 32.2. The fourth-order valence-corrected chi connectivity index (χ4v) is 8.98. The van der Waals surface area contributed by atoms with Crippen LogP contribution in [0.5, 0.6) is 17.5 Å². The molecule has 1 heterocycles. The Labute approximate surface area is 256 Å². The van der Waals surface area contributed by atoms with Crippen molar-refractivity contribution in [2.24, 2.45) is 22.7 Å². The number of ketones is 1. The van der Waals surface area contributed by atoms with Crippen molar-refractivity contribution in [1.29, 1.82) is 0 Å². The van der Waals surface area contributed by atoms with Crippen LogP contribution in [0.1, 0.15) is 56.3 Å². The number of benzene rings is 1. The molecule has 0 aliphatic heterocycles. The molecule has 4 aliphatic rings. The molecule has 6 rings (SSSR count). The number of esters is 1. The summed E-state index contributed by atoms with van der Waals surface area (Å²) in [4.78, 5) is 47.0. The highest BCUT2D eigenvalue weighted by Crippen LogP contribution is 2.70. The molecule has 7 atom stereocenters. The van der Waals surface area contributed by atoms with Crippen molar-refractivity contribution in [2.75, 3.05) is 6.01 Å². The molecule has 1 aromatic carbocycles. The lowest BCUT2D eigenvalue weighted by Crippen LogP contribution is -2.69. The molecular weight excluding hydrogens is 594 g/mol.